The first-order valence-corrected chi connectivity index (χ1v) is 9.66. The Morgan fingerprint density at radius 1 is 1.13 bits per heavy atom. The standard InChI is InChI=1S/C16H15N3OS3/c1-11-7-8-14(22-11)13(20)10-21-16-19-18-15(23-16)17-9-12-5-3-2-4-6-12/h2-8H,9-10H2,1H3,(H,17,18). The van der Waals surface area contributed by atoms with Gasteiger partial charge in [0.2, 0.25) is 5.13 Å². The summed E-state index contributed by atoms with van der Waals surface area (Å²) in [6.45, 7) is 2.72. The number of thioether (sulfide) groups is 1. The second-order valence-corrected chi connectivity index (χ2v) is 8.32. The van der Waals surface area contributed by atoms with Crippen LogP contribution in [0, 0.1) is 6.92 Å². The van der Waals surface area contributed by atoms with Gasteiger partial charge in [0.1, 0.15) is 0 Å². The van der Waals surface area contributed by atoms with Crippen molar-refractivity contribution in [2.24, 2.45) is 0 Å². The molecule has 7 heteroatoms. The predicted molar refractivity (Wildman–Crippen MR) is 97.8 cm³/mol. The quantitative estimate of drug-likeness (QED) is 0.496. The first kappa shape index (κ1) is 16.2. The van der Waals surface area contributed by atoms with Crippen LogP contribution < -0.4 is 5.32 Å². The van der Waals surface area contributed by atoms with Crippen LogP contribution in [0.2, 0.25) is 0 Å². The molecule has 0 radical (unpaired) electrons. The highest BCUT2D eigenvalue weighted by molar-refractivity contribution is 8.01. The van der Waals surface area contributed by atoms with E-state index in [9.17, 15) is 4.79 Å². The Labute approximate surface area is 147 Å². The second-order valence-electron chi connectivity index (χ2n) is 4.83. The summed E-state index contributed by atoms with van der Waals surface area (Å²) >= 11 is 4.45. The van der Waals surface area contributed by atoms with Crippen molar-refractivity contribution in [2.45, 2.75) is 17.8 Å². The lowest BCUT2D eigenvalue weighted by Gasteiger charge is -2.00. The summed E-state index contributed by atoms with van der Waals surface area (Å²) in [7, 11) is 0. The van der Waals surface area contributed by atoms with Gasteiger partial charge in [0.05, 0.1) is 10.6 Å². The van der Waals surface area contributed by atoms with Crippen molar-refractivity contribution in [2.75, 3.05) is 11.1 Å². The number of thiophene rings is 1. The molecule has 4 nitrogen and oxygen atoms in total. The Balaban J connectivity index is 1.50. The molecule has 2 aromatic heterocycles. The third-order valence-electron chi connectivity index (χ3n) is 3.03. The lowest BCUT2D eigenvalue weighted by atomic mass is 10.2. The van der Waals surface area contributed by atoms with Crippen LogP contribution in [-0.2, 0) is 6.54 Å². The number of rotatable bonds is 7. The number of benzene rings is 1. The SMILES string of the molecule is Cc1ccc(C(=O)CSc2nnc(NCc3ccccc3)s2)s1. The van der Waals surface area contributed by atoms with E-state index in [1.54, 1.807) is 0 Å². The minimum atomic E-state index is 0.141. The molecule has 3 aromatic rings. The molecular formula is C16H15N3OS3. The molecule has 2 heterocycles. The van der Waals surface area contributed by atoms with Crippen molar-refractivity contribution < 1.29 is 4.79 Å². The normalized spacial score (nSPS) is 10.7. The number of nitrogens with one attached hydrogen (secondary N) is 1. The van der Waals surface area contributed by atoms with Gasteiger partial charge >= 0.3 is 0 Å². The third kappa shape index (κ3) is 4.63. The molecule has 0 fully saturated rings. The van der Waals surface area contributed by atoms with Crippen molar-refractivity contribution in [3.05, 3.63) is 57.8 Å². The van der Waals surface area contributed by atoms with Gasteiger partial charge in [0.15, 0.2) is 10.1 Å². The Morgan fingerprint density at radius 2 is 1.96 bits per heavy atom. The Kier molecular flexibility index (Phi) is 5.43. The van der Waals surface area contributed by atoms with E-state index >= 15 is 0 Å². The zero-order valence-corrected chi connectivity index (χ0v) is 14.9. The molecule has 0 amide bonds. The number of hydrogen-bond acceptors (Lipinski definition) is 7. The van der Waals surface area contributed by atoms with Crippen molar-refractivity contribution in [3.8, 4) is 0 Å². The molecule has 0 bridgehead atoms. The largest absolute Gasteiger partial charge is 0.356 e. The maximum absolute atomic E-state index is 12.1. The average Bonchev–Trinajstić information content (AvgIpc) is 3.21. The highest BCUT2D eigenvalue weighted by atomic mass is 32.2. The zero-order valence-electron chi connectivity index (χ0n) is 12.5. The molecule has 0 spiro atoms. The molecule has 0 aliphatic heterocycles. The van der Waals surface area contributed by atoms with E-state index < -0.39 is 0 Å². The highest BCUT2D eigenvalue weighted by Crippen LogP contribution is 2.27. The lowest BCUT2D eigenvalue weighted by molar-refractivity contribution is 0.102. The topological polar surface area (TPSA) is 54.9 Å². The van der Waals surface area contributed by atoms with E-state index in [-0.39, 0.29) is 5.78 Å². The van der Waals surface area contributed by atoms with Gasteiger partial charge in [0.25, 0.3) is 0 Å². The predicted octanol–water partition coefficient (Wildman–Crippen LogP) is 4.50. The smallest absolute Gasteiger partial charge is 0.206 e. The van der Waals surface area contributed by atoms with Gasteiger partial charge in [0, 0.05) is 11.4 Å². The van der Waals surface area contributed by atoms with E-state index in [1.165, 1.54) is 40.0 Å². The summed E-state index contributed by atoms with van der Waals surface area (Å²) in [5.41, 5.74) is 1.19. The van der Waals surface area contributed by atoms with E-state index in [1.807, 2.05) is 37.3 Å². The van der Waals surface area contributed by atoms with Gasteiger partial charge in [-0.25, -0.2) is 0 Å². The fourth-order valence-electron chi connectivity index (χ4n) is 1.90. The summed E-state index contributed by atoms with van der Waals surface area (Å²) in [6.07, 6.45) is 0. The number of carbonyl (C=O) groups is 1. The maximum Gasteiger partial charge on any atom is 0.206 e. The molecule has 3 rings (SSSR count). The number of hydrogen-bond donors (Lipinski definition) is 1. The minimum Gasteiger partial charge on any atom is -0.356 e. The number of ketones is 1. The fraction of sp³-hybridized carbons (Fsp3) is 0.188. The lowest BCUT2D eigenvalue weighted by Crippen LogP contribution is -1.98. The molecule has 0 unspecified atom stereocenters. The van der Waals surface area contributed by atoms with Crippen LogP contribution in [0.5, 0.6) is 0 Å². The Bertz CT molecular complexity index is 783. The first-order valence-electron chi connectivity index (χ1n) is 7.04. The van der Waals surface area contributed by atoms with E-state index in [4.69, 9.17) is 0 Å². The number of aryl methyl sites for hydroxylation is 1. The summed E-state index contributed by atoms with van der Waals surface area (Å²) in [5.74, 6) is 0.537. The monoisotopic (exact) mass is 361 g/mol. The molecule has 118 valence electrons. The average molecular weight is 362 g/mol. The number of anilines is 1. The van der Waals surface area contributed by atoms with Crippen LogP contribution in [0.3, 0.4) is 0 Å². The van der Waals surface area contributed by atoms with Gasteiger partial charge in [-0.05, 0) is 24.6 Å². The fourth-order valence-corrected chi connectivity index (χ4v) is 4.42. The summed E-state index contributed by atoms with van der Waals surface area (Å²) in [6, 6.07) is 14.0. The molecule has 0 atom stereocenters. The molecule has 0 saturated heterocycles. The van der Waals surface area contributed by atoms with Gasteiger partial charge in [-0.1, -0.05) is 53.4 Å². The van der Waals surface area contributed by atoms with Crippen molar-refractivity contribution in [1.29, 1.82) is 0 Å². The third-order valence-corrected chi connectivity index (χ3v) is 6.09. The summed E-state index contributed by atoms with van der Waals surface area (Å²) in [4.78, 5) is 14.0. The second kappa shape index (κ2) is 7.72. The number of Topliss-reactive ketones (excluding diaryl/α,β-unsaturated/α-hetero) is 1. The van der Waals surface area contributed by atoms with Crippen LogP contribution in [0.4, 0.5) is 5.13 Å². The molecule has 0 aliphatic carbocycles. The number of aromatic nitrogens is 2. The molecule has 1 N–H and O–H groups in total. The highest BCUT2D eigenvalue weighted by Gasteiger charge is 2.11. The van der Waals surface area contributed by atoms with Crippen molar-refractivity contribution in [3.63, 3.8) is 0 Å². The molecule has 0 saturated carbocycles. The van der Waals surface area contributed by atoms with Crippen LogP contribution in [0.1, 0.15) is 20.1 Å². The Hall–Kier alpha value is -1.70. The number of nitrogens with zero attached hydrogens (tertiary/aromatic N) is 2. The van der Waals surface area contributed by atoms with Crippen molar-refractivity contribution >= 4 is 45.4 Å². The van der Waals surface area contributed by atoms with Crippen LogP contribution in [-0.4, -0.2) is 21.7 Å². The molecular weight excluding hydrogens is 346 g/mol. The van der Waals surface area contributed by atoms with E-state index in [2.05, 4.69) is 27.6 Å². The van der Waals surface area contributed by atoms with Gasteiger partial charge in [-0.3, -0.25) is 4.79 Å². The van der Waals surface area contributed by atoms with Gasteiger partial charge < -0.3 is 5.32 Å². The molecule has 23 heavy (non-hydrogen) atoms. The van der Waals surface area contributed by atoms with Gasteiger partial charge in [-0.15, -0.1) is 21.5 Å². The minimum absolute atomic E-state index is 0.141. The summed E-state index contributed by atoms with van der Waals surface area (Å²) in [5, 5.41) is 12.3. The van der Waals surface area contributed by atoms with Gasteiger partial charge in [-0.2, -0.15) is 0 Å². The number of carbonyl (C=O) groups excluding carboxylic acids is 1. The van der Waals surface area contributed by atoms with Crippen LogP contribution >= 0.6 is 34.4 Å². The van der Waals surface area contributed by atoms with Crippen LogP contribution in [0.25, 0.3) is 0 Å². The molecule has 0 aliphatic rings. The zero-order chi connectivity index (χ0) is 16.1. The Morgan fingerprint density at radius 3 is 2.70 bits per heavy atom. The first-order chi connectivity index (χ1) is 11.2. The summed E-state index contributed by atoms with van der Waals surface area (Å²) < 4.78 is 0.808. The molecule has 1 aromatic carbocycles. The van der Waals surface area contributed by atoms with Crippen LogP contribution in [0.15, 0.2) is 46.8 Å². The van der Waals surface area contributed by atoms with E-state index in [0.29, 0.717) is 12.3 Å². The maximum atomic E-state index is 12.1. The van der Waals surface area contributed by atoms with E-state index in [0.717, 1.165) is 19.2 Å². The van der Waals surface area contributed by atoms with Crippen molar-refractivity contribution in [1.82, 2.24) is 10.2 Å².